The fourth-order valence-electron chi connectivity index (χ4n) is 3.26. The van der Waals surface area contributed by atoms with E-state index in [-0.39, 0.29) is 0 Å². The number of piperidine rings is 1. The molecule has 1 aromatic heterocycles. The Morgan fingerprint density at radius 2 is 2.05 bits per heavy atom. The molecule has 2 saturated heterocycles. The molecule has 3 rings (SSSR count). The van der Waals surface area contributed by atoms with Gasteiger partial charge in [-0.1, -0.05) is 0 Å². The molecule has 2 bridgehead atoms. The zero-order valence-corrected chi connectivity index (χ0v) is 11.7. The molecular weight excluding hydrogens is 240 g/mol. The van der Waals surface area contributed by atoms with Gasteiger partial charge in [0.15, 0.2) is 5.82 Å². The molecule has 2 aliphatic rings. The van der Waals surface area contributed by atoms with E-state index in [4.69, 9.17) is 4.74 Å². The van der Waals surface area contributed by atoms with Crippen LogP contribution in [-0.2, 0) is 0 Å². The Hall–Kier alpha value is -1.36. The summed E-state index contributed by atoms with van der Waals surface area (Å²) in [6.07, 6.45) is 8.54. The quantitative estimate of drug-likeness (QED) is 0.893. The molecule has 19 heavy (non-hydrogen) atoms. The largest absolute Gasteiger partial charge is 0.477 e. The molecule has 104 valence electrons. The van der Waals surface area contributed by atoms with Gasteiger partial charge in [0.2, 0.25) is 5.88 Å². The lowest BCUT2D eigenvalue weighted by Gasteiger charge is -2.36. The second-order valence-corrected chi connectivity index (χ2v) is 5.52. The van der Waals surface area contributed by atoms with Crippen molar-refractivity contribution in [1.82, 2.24) is 15.3 Å². The van der Waals surface area contributed by atoms with Gasteiger partial charge in [0.05, 0.1) is 19.0 Å². The summed E-state index contributed by atoms with van der Waals surface area (Å²) in [5, 5.41) is 3.67. The Morgan fingerprint density at radius 1 is 1.32 bits per heavy atom. The zero-order valence-electron chi connectivity index (χ0n) is 11.7. The molecule has 0 spiro atoms. The molecule has 0 aromatic carbocycles. The Labute approximate surface area is 114 Å². The van der Waals surface area contributed by atoms with Crippen LogP contribution in [0, 0.1) is 0 Å². The number of nitrogens with zero attached hydrogens (tertiary/aromatic N) is 3. The highest BCUT2D eigenvalue weighted by atomic mass is 16.5. The van der Waals surface area contributed by atoms with Gasteiger partial charge in [0, 0.05) is 25.2 Å². The number of nitrogens with one attached hydrogen (secondary N) is 1. The Balaban J connectivity index is 1.72. The first-order valence-corrected chi connectivity index (χ1v) is 7.20. The zero-order chi connectivity index (χ0) is 13.2. The maximum atomic E-state index is 5.43. The first kappa shape index (κ1) is 12.7. The van der Waals surface area contributed by atoms with E-state index in [9.17, 15) is 0 Å². The van der Waals surface area contributed by atoms with Crippen molar-refractivity contribution in [3.05, 3.63) is 12.4 Å². The third kappa shape index (κ3) is 2.66. The van der Waals surface area contributed by atoms with Gasteiger partial charge in [-0.2, -0.15) is 4.98 Å². The topological polar surface area (TPSA) is 50.3 Å². The number of aromatic nitrogens is 2. The molecule has 3 heterocycles. The standard InChI is InChI=1S/C14H22N4O/c1-3-19-14-9-15-8-13(17-14)18(2)12-6-10-4-5-11(7-12)16-10/h8-12,16H,3-7H2,1-2H3. The van der Waals surface area contributed by atoms with E-state index in [0.29, 0.717) is 30.6 Å². The molecule has 2 unspecified atom stereocenters. The summed E-state index contributed by atoms with van der Waals surface area (Å²) >= 11 is 0. The van der Waals surface area contributed by atoms with Crippen LogP contribution in [-0.4, -0.2) is 41.7 Å². The van der Waals surface area contributed by atoms with Crippen LogP contribution in [0.5, 0.6) is 5.88 Å². The summed E-state index contributed by atoms with van der Waals surface area (Å²) in [6, 6.07) is 1.94. The predicted octanol–water partition coefficient (Wildman–Crippen LogP) is 1.59. The highest BCUT2D eigenvalue weighted by Crippen LogP contribution is 2.31. The van der Waals surface area contributed by atoms with Gasteiger partial charge < -0.3 is 15.0 Å². The summed E-state index contributed by atoms with van der Waals surface area (Å²) in [7, 11) is 2.12. The lowest BCUT2D eigenvalue weighted by molar-refractivity contribution is 0.323. The Bertz CT molecular complexity index is 427. The molecule has 1 aromatic rings. The average molecular weight is 262 g/mol. The van der Waals surface area contributed by atoms with Crippen LogP contribution in [0.2, 0.25) is 0 Å². The van der Waals surface area contributed by atoms with Gasteiger partial charge >= 0.3 is 0 Å². The third-order valence-corrected chi connectivity index (χ3v) is 4.25. The first-order chi connectivity index (χ1) is 9.26. The number of ether oxygens (including phenoxy) is 1. The lowest BCUT2D eigenvalue weighted by atomic mass is 9.99. The van der Waals surface area contributed by atoms with Crippen LogP contribution in [0.25, 0.3) is 0 Å². The number of rotatable bonds is 4. The lowest BCUT2D eigenvalue weighted by Crippen LogP contribution is -2.47. The van der Waals surface area contributed by atoms with Gasteiger partial charge in [-0.25, -0.2) is 0 Å². The summed E-state index contributed by atoms with van der Waals surface area (Å²) in [5.41, 5.74) is 0. The number of fused-ring (bicyclic) bond motifs is 2. The molecule has 0 radical (unpaired) electrons. The number of hydrogen-bond donors (Lipinski definition) is 1. The van der Waals surface area contributed by atoms with Gasteiger partial charge in [-0.3, -0.25) is 4.98 Å². The fourth-order valence-corrected chi connectivity index (χ4v) is 3.26. The summed E-state index contributed by atoms with van der Waals surface area (Å²) in [4.78, 5) is 11.0. The van der Waals surface area contributed by atoms with Crippen LogP contribution in [0.4, 0.5) is 5.82 Å². The van der Waals surface area contributed by atoms with Gasteiger partial charge in [-0.15, -0.1) is 0 Å². The van der Waals surface area contributed by atoms with Crippen molar-refractivity contribution in [1.29, 1.82) is 0 Å². The molecule has 2 aliphatic heterocycles. The molecule has 1 N–H and O–H groups in total. The van der Waals surface area contributed by atoms with Crippen molar-refractivity contribution in [2.75, 3.05) is 18.6 Å². The van der Waals surface area contributed by atoms with E-state index >= 15 is 0 Å². The third-order valence-electron chi connectivity index (χ3n) is 4.25. The van der Waals surface area contributed by atoms with Crippen molar-refractivity contribution >= 4 is 5.82 Å². The SMILES string of the molecule is CCOc1cncc(N(C)C2CC3CCC(C2)N3)n1. The minimum absolute atomic E-state index is 0.560. The summed E-state index contributed by atoms with van der Waals surface area (Å²) < 4.78 is 5.43. The van der Waals surface area contributed by atoms with Crippen LogP contribution < -0.4 is 15.0 Å². The highest BCUT2D eigenvalue weighted by molar-refractivity contribution is 5.38. The van der Waals surface area contributed by atoms with Gasteiger partial charge in [0.25, 0.3) is 0 Å². The van der Waals surface area contributed by atoms with Crippen molar-refractivity contribution in [3.63, 3.8) is 0 Å². The van der Waals surface area contributed by atoms with Crippen molar-refractivity contribution < 1.29 is 4.74 Å². The van der Waals surface area contributed by atoms with Crippen molar-refractivity contribution in [2.45, 2.75) is 50.7 Å². The molecule has 0 aliphatic carbocycles. The monoisotopic (exact) mass is 262 g/mol. The number of anilines is 1. The summed E-state index contributed by atoms with van der Waals surface area (Å²) in [5.74, 6) is 1.53. The van der Waals surface area contributed by atoms with Gasteiger partial charge in [-0.05, 0) is 32.6 Å². The normalized spacial score (nSPS) is 29.3. The fraction of sp³-hybridized carbons (Fsp3) is 0.714. The minimum Gasteiger partial charge on any atom is -0.477 e. The van der Waals surface area contributed by atoms with Crippen molar-refractivity contribution in [3.8, 4) is 5.88 Å². The molecule has 2 atom stereocenters. The second-order valence-electron chi connectivity index (χ2n) is 5.52. The van der Waals surface area contributed by atoms with Crippen LogP contribution in [0.15, 0.2) is 12.4 Å². The predicted molar refractivity (Wildman–Crippen MR) is 74.6 cm³/mol. The van der Waals surface area contributed by atoms with E-state index in [1.165, 1.54) is 25.7 Å². The molecule has 0 saturated carbocycles. The van der Waals surface area contributed by atoms with E-state index < -0.39 is 0 Å². The average Bonchev–Trinajstić information content (AvgIpc) is 2.77. The van der Waals surface area contributed by atoms with Crippen LogP contribution in [0.3, 0.4) is 0 Å². The van der Waals surface area contributed by atoms with Gasteiger partial charge in [0.1, 0.15) is 0 Å². The Morgan fingerprint density at radius 3 is 2.74 bits per heavy atom. The minimum atomic E-state index is 0.560. The molecule has 5 nitrogen and oxygen atoms in total. The van der Waals surface area contributed by atoms with Crippen LogP contribution in [0.1, 0.15) is 32.6 Å². The van der Waals surface area contributed by atoms with E-state index in [0.717, 1.165) is 5.82 Å². The number of hydrogen-bond acceptors (Lipinski definition) is 5. The molecular formula is C14H22N4O. The smallest absolute Gasteiger partial charge is 0.234 e. The highest BCUT2D eigenvalue weighted by Gasteiger charge is 2.35. The molecule has 0 amide bonds. The van der Waals surface area contributed by atoms with Crippen molar-refractivity contribution in [2.24, 2.45) is 0 Å². The summed E-state index contributed by atoms with van der Waals surface area (Å²) in [6.45, 7) is 2.59. The van der Waals surface area contributed by atoms with E-state index in [1.807, 2.05) is 13.1 Å². The maximum absolute atomic E-state index is 5.43. The second kappa shape index (κ2) is 5.33. The molecule has 5 heteroatoms. The van der Waals surface area contributed by atoms with Crippen LogP contribution >= 0.6 is 0 Å². The molecule has 2 fully saturated rings. The Kier molecular flexibility index (Phi) is 3.55. The first-order valence-electron chi connectivity index (χ1n) is 7.20. The maximum Gasteiger partial charge on any atom is 0.234 e. The van der Waals surface area contributed by atoms with E-state index in [2.05, 4.69) is 27.2 Å². The van der Waals surface area contributed by atoms with E-state index in [1.54, 1.807) is 6.20 Å².